The highest BCUT2D eigenvalue weighted by Crippen LogP contribution is 2.18. The molecule has 18 heavy (non-hydrogen) atoms. The van der Waals surface area contributed by atoms with Crippen molar-refractivity contribution in [1.29, 1.82) is 0 Å². The van der Waals surface area contributed by atoms with E-state index in [0.717, 1.165) is 19.1 Å². The zero-order valence-electron chi connectivity index (χ0n) is 10.4. The van der Waals surface area contributed by atoms with Gasteiger partial charge in [0.25, 0.3) is 0 Å². The third-order valence-electron chi connectivity index (χ3n) is 2.83. The molecule has 0 radical (unpaired) electrons. The van der Waals surface area contributed by atoms with Crippen LogP contribution >= 0.6 is 0 Å². The second-order valence-electron chi connectivity index (χ2n) is 4.49. The monoisotopic (exact) mass is 278 g/mol. The van der Waals surface area contributed by atoms with E-state index in [-0.39, 0.29) is 0 Å². The Bertz CT molecular complexity index is 434. The molecule has 0 aromatic rings. The summed E-state index contributed by atoms with van der Waals surface area (Å²) in [6.07, 6.45) is 2.87. The molecule has 1 heterocycles. The van der Waals surface area contributed by atoms with Crippen LogP contribution in [0, 0.1) is 0 Å². The van der Waals surface area contributed by atoms with Gasteiger partial charge in [-0.25, -0.2) is 17.9 Å². The lowest BCUT2D eigenvalue weighted by molar-refractivity contribution is -0.152. The minimum Gasteiger partial charge on any atom is -0.480 e. The molecule has 2 unspecified atom stereocenters. The zero-order valence-corrected chi connectivity index (χ0v) is 11.2. The summed E-state index contributed by atoms with van der Waals surface area (Å²) in [5.41, 5.74) is 0. The number of sulfonamides is 1. The highest BCUT2D eigenvalue weighted by Gasteiger charge is 2.34. The number of aliphatic carboxylic acids is 1. The van der Waals surface area contributed by atoms with Crippen LogP contribution in [0.5, 0.6) is 0 Å². The van der Waals surface area contributed by atoms with Gasteiger partial charge in [0.05, 0.1) is 12.3 Å². The van der Waals surface area contributed by atoms with Gasteiger partial charge in [-0.2, -0.15) is 0 Å². The minimum absolute atomic E-state index is 0.353. The molecule has 0 aliphatic carbocycles. The van der Waals surface area contributed by atoms with Crippen LogP contribution < -0.4 is 4.72 Å². The molecule has 1 aliphatic rings. The van der Waals surface area contributed by atoms with Crippen LogP contribution in [0.2, 0.25) is 0 Å². The smallest absolute Gasteiger partial charge is 0.326 e. The van der Waals surface area contributed by atoms with E-state index in [1.165, 1.54) is 11.8 Å². The zero-order chi connectivity index (χ0) is 13.9. The lowest BCUT2D eigenvalue weighted by Gasteiger charge is -2.34. The maximum atomic E-state index is 12.0. The molecule has 1 rings (SSSR count). The van der Waals surface area contributed by atoms with Crippen molar-refractivity contribution >= 4 is 21.9 Å². The van der Waals surface area contributed by atoms with E-state index in [0.29, 0.717) is 13.0 Å². The van der Waals surface area contributed by atoms with Crippen LogP contribution in [0.25, 0.3) is 0 Å². The summed E-state index contributed by atoms with van der Waals surface area (Å²) >= 11 is 0. The first-order valence-corrected chi connectivity index (χ1v) is 7.62. The lowest BCUT2D eigenvalue weighted by Crippen LogP contribution is -2.54. The molecule has 2 N–H and O–H groups in total. The van der Waals surface area contributed by atoms with Gasteiger partial charge in [-0.05, 0) is 26.2 Å². The van der Waals surface area contributed by atoms with Gasteiger partial charge in [0.15, 0.2) is 0 Å². The van der Waals surface area contributed by atoms with E-state index in [9.17, 15) is 18.0 Å². The Kier molecular flexibility index (Phi) is 4.69. The SMILES string of the molecule is CC(NS(C)(=O)=O)C(=O)N1CCCCC1C(=O)O. The number of carboxylic acid groups (broad SMARTS) is 1. The minimum atomic E-state index is -3.49. The summed E-state index contributed by atoms with van der Waals surface area (Å²) in [6, 6.07) is -1.80. The summed E-state index contributed by atoms with van der Waals surface area (Å²) in [5, 5.41) is 9.04. The third kappa shape index (κ3) is 3.95. The van der Waals surface area contributed by atoms with Gasteiger partial charge >= 0.3 is 5.97 Å². The molecule has 1 aliphatic heterocycles. The highest BCUT2D eigenvalue weighted by atomic mass is 32.2. The van der Waals surface area contributed by atoms with Crippen LogP contribution in [-0.4, -0.2) is 55.2 Å². The standard InChI is InChI=1S/C10H18N2O5S/c1-7(11-18(2,16)17)9(13)12-6-4-3-5-8(12)10(14)15/h7-8,11H,3-6H2,1-2H3,(H,14,15). The van der Waals surface area contributed by atoms with Crippen molar-refractivity contribution in [3.8, 4) is 0 Å². The van der Waals surface area contributed by atoms with E-state index < -0.39 is 34.0 Å². The first kappa shape index (κ1) is 14.9. The molecule has 104 valence electrons. The summed E-state index contributed by atoms with van der Waals surface area (Å²) in [7, 11) is -3.49. The number of likely N-dealkylation sites (tertiary alicyclic amines) is 1. The molecule has 1 amide bonds. The molecule has 1 saturated heterocycles. The molecule has 0 saturated carbocycles. The van der Waals surface area contributed by atoms with Crippen molar-refractivity contribution in [3.63, 3.8) is 0 Å². The van der Waals surface area contributed by atoms with E-state index in [4.69, 9.17) is 5.11 Å². The van der Waals surface area contributed by atoms with Gasteiger partial charge in [0.2, 0.25) is 15.9 Å². The fraction of sp³-hybridized carbons (Fsp3) is 0.800. The van der Waals surface area contributed by atoms with Crippen LogP contribution in [0.3, 0.4) is 0 Å². The van der Waals surface area contributed by atoms with Crippen LogP contribution in [-0.2, 0) is 19.6 Å². The van der Waals surface area contributed by atoms with Crippen LogP contribution in [0.1, 0.15) is 26.2 Å². The number of carbonyl (C=O) groups excluding carboxylic acids is 1. The van der Waals surface area contributed by atoms with Gasteiger partial charge in [0, 0.05) is 6.54 Å². The highest BCUT2D eigenvalue weighted by molar-refractivity contribution is 7.88. The maximum Gasteiger partial charge on any atom is 0.326 e. The van der Waals surface area contributed by atoms with Crippen LogP contribution in [0.4, 0.5) is 0 Å². The predicted molar refractivity (Wildman–Crippen MR) is 64.4 cm³/mol. The third-order valence-corrected chi connectivity index (χ3v) is 3.61. The Morgan fingerprint density at radius 2 is 2.00 bits per heavy atom. The Labute approximate surface area is 106 Å². The summed E-state index contributed by atoms with van der Waals surface area (Å²) in [5.74, 6) is -1.54. The van der Waals surface area contributed by atoms with Gasteiger partial charge in [-0.3, -0.25) is 4.79 Å². The molecular formula is C10H18N2O5S. The average molecular weight is 278 g/mol. The molecule has 7 nitrogen and oxygen atoms in total. The topological polar surface area (TPSA) is 104 Å². The first-order valence-electron chi connectivity index (χ1n) is 5.73. The van der Waals surface area contributed by atoms with Gasteiger partial charge in [0.1, 0.15) is 6.04 Å². The summed E-state index contributed by atoms with van der Waals surface area (Å²) in [4.78, 5) is 24.3. The van der Waals surface area contributed by atoms with Crippen molar-refractivity contribution in [2.45, 2.75) is 38.3 Å². The van der Waals surface area contributed by atoms with Crippen molar-refractivity contribution in [1.82, 2.24) is 9.62 Å². The van der Waals surface area contributed by atoms with Crippen LogP contribution in [0.15, 0.2) is 0 Å². The van der Waals surface area contributed by atoms with Gasteiger partial charge in [-0.1, -0.05) is 0 Å². The van der Waals surface area contributed by atoms with E-state index in [2.05, 4.69) is 4.72 Å². The normalized spacial score (nSPS) is 22.6. The average Bonchev–Trinajstić information content (AvgIpc) is 2.25. The Hall–Kier alpha value is -1.15. The van der Waals surface area contributed by atoms with Crippen molar-refractivity contribution in [2.24, 2.45) is 0 Å². The van der Waals surface area contributed by atoms with Crippen molar-refractivity contribution in [2.75, 3.05) is 12.8 Å². The second kappa shape index (κ2) is 5.66. The fourth-order valence-corrected chi connectivity index (χ4v) is 2.82. The molecule has 0 aromatic heterocycles. The second-order valence-corrected chi connectivity index (χ2v) is 6.27. The Morgan fingerprint density at radius 1 is 1.39 bits per heavy atom. The molecule has 8 heteroatoms. The van der Waals surface area contributed by atoms with E-state index in [1.807, 2.05) is 0 Å². The van der Waals surface area contributed by atoms with Gasteiger partial charge in [-0.15, -0.1) is 0 Å². The lowest BCUT2D eigenvalue weighted by atomic mass is 10.0. The number of carboxylic acids is 1. The molecule has 1 fully saturated rings. The molecule has 2 atom stereocenters. The number of piperidine rings is 1. The molecule has 0 spiro atoms. The van der Waals surface area contributed by atoms with Crippen molar-refractivity contribution in [3.05, 3.63) is 0 Å². The number of rotatable bonds is 4. The van der Waals surface area contributed by atoms with Gasteiger partial charge < -0.3 is 10.0 Å². The molecule has 0 bridgehead atoms. The fourth-order valence-electron chi connectivity index (χ4n) is 2.07. The number of hydrogen-bond acceptors (Lipinski definition) is 4. The summed E-state index contributed by atoms with van der Waals surface area (Å²) in [6.45, 7) is 1.77. The van der Waals surface area contributed by atoms with E-state index in [1.54, 1.807) is 0 Å². The molecular weight excluding hydrogens is 260 g/mol. The quantitative estimate of drug-likeness (QED) is 0.714. The Balaban J connectivity index is 2.77. The number of amides is 1. The van der Waals surface area contributed by atoms with Crippen molar-refractivity contribution < 1.29 is 23.1 Å². The van der Waals surface area contributed by atoms with E-state index >= 15 is 0 Å². The number of hydrogen-bond donors (Lipinski definition) is 2. The Morgan fingerprint density at radius 3 is 2.50 bits per heavy atom. The number of nitrogens with zero attached hydrogens (tertiary/aromatic N) is 1. The molecule has 0 aromatic carbocycles. The summed E-state index contributed by atoms with van der Waals surface area (Å²) < 4.78 is 24.3. The first-order chi connectivity index (χ1) is 8.22. The maximum absolute atomic E-state index is 12.0. The number of nitrogens with one attached hydrogen (secondary N) is 1. The largest absolute Gasteiger partial charge is 0.480 e. The number of carbonyl (C=O) groups is 2. The predicted octanol–water partition coefficient (Wildman–Crippen LogP) is -0.610.